The van der Waals surface area contributed by atoms with Crippen molar-refractivity contribution in [2.24, 2.45) is 0 Å². The molecule has 0 heterocycles. The van der Waals surface area contributed by atoms with Crippen molar-refractivity contribution in [2.75, 3.05) is 0 Å². The summed E-state index contributed by atoms with van der Waals surface area (Å²) in [6.45, 7) is 14.5. The van der Waals surface area contributed by atoms with E-state index in [1.54, 1.807) is 0 Å². The summed E-state index contributed by atoms with van der Waals surface area (Å²) < 4.78 is 1.24. The normalized spacial score (nSPS) is 12.7. The SMILES string of the molecule is CCCC[C](C)(C)[Al+][C](C)(C)CCCC. The zero-order valence-corrected chi connectivity index (χ0v) is 13.0. The van der Waals surface area contributed by atoms with Crippen molar-refractivity contribution >= 4 is 15.2 Å². The summed E-state index contributed by atoms with van der Waals surface area (Å²) in [4.78, 5) is 0. The molecule has 0 N–H and O–H groups in total. The number of rotatable bonds is 8. The fourth-order valence-corrected chi connectivity index (χ4v) is 5.28. The average Bonchev–Trinajstić information content (AvgIpc) is 2.10. The van der Waals surface area contributed by atoms with Gasteiger partial charge in [-0.15, -0.1) is 0 Å². The van der Waals surface area contributed by atoms with Gasteiger partial charge >= 0.3 is 104 Å². The van der Waals surface area contributed by atoms with E-state index in [9.17, 15) is 0 Å². The second-order valence-corrected chi connectivity index (χ2v) is 9.74. The van der Waals surface area contributed by atoms with Crippen molar-refractivity contribution in [3.05, 3.63) is 0 Å². The first-order chi connectivity index (χ1) is 6.83. The van der Waals surface area contributed by atoms with Gasteiger partial charge in [0, 0.05) is 0 Å². The van der Waals surface area contributed by atoms with Crippen LogP contribution in [0, 0.1) is 0 Å². The predicted octanol–water partition coefficient (Wildman–Crippen LogP) is 5.47. The molecule has 0 aromatic rings. The third kappa shape index (κ3) is 8.35. The van der Waals surface area contributed by atoms with Gasteiger partial charge in [0.05, 0.1) is 0 Å². The number of hydrogen-bond acceptors (Lipinski definition) is 0. The molecule has 0 atom stereocenters. The molecular weight excluding hydrogens is 195 g/mol. The molecule has 0 aliphatic carbocycles. The van der Waals surface area contributed by atoms with E-state index in [0.717, 1.165) is 0 Å². The van der Waals surface area contributed by atoms with Crippen LogP contribution < -0.4 is 0 Å². The van der Waals surface area contributed by atoms with Crippen LogP contribution >= 0.6 is 0 Å². The summed E-state index contributed by atoms with van der Waals surface area (Å²) >= 11 is 0.566. The Balaban J connectivity index is 4.04. The van der Waals surface area contributed by atoms with Crippen LogP contribution in [0.25, 0.3) is 0 Å². The summed E-state index contributed by atoms with van der Waals surface area (Å²) in [5.74, 6) is 0. The first-order valence-electron chi connectivity index (χ1n) is 6.70. The molecule has 0 aliphatic heterocycles. The van der Waals surface area contributed by atoms with Crippen LogP contribution in [-0.2, 0) is 0 Å². The van der Waals surface area contributed by atoms with E-state index in [2.05, 4.69) is 41.5 Å². The van der Waals surface area contributed by atoms with Gasteiger partial charge in [0.1, 0.15) is 0 Å². The predicted molar refractivity (Wildman–Crippen MR) is 72.9 cm³/mol. The first-order valence-corrected chi connectivity index (χ1v) is 7.85. The summed E-state index contributed by atoms with van der Waals surface area (Å²) in [5, 5.41) is 0. The summed E-state index contributed by atoms with van der Waals surface area (Å²) in [6.07, 6.45) is 8.35. The minimum absolute atomic E-state index is 0.566. The van der Waals surface area contributed by atoms with Gasteiger partial charge in [0.2, 0.25) is 0 Å². The van der Waals surface area contributed by atoms with Gasteiger partial charge in [-0.2, -0.15) is 0 Å². The van der Waals surface area contributed by atoms with Crippen molar-refractivity contribution in [1.82, 2.24) is 0 Å². The molecule has 0 saturated heterocycles. The third-order valence-electron chi connectivity index (χ3n) is 3.13. The van der Waals surface area contributed by atoms with Crippen molar-refractivity contribution in [1.29, 1.82) is 0 Å². The van der Waals surface area contributed by atoms with Gasteiger partial charge in [0.15, 0.2) is 0 Å². The standard InChI is InChI=1S/2C7H15.Al/c2*1-4-5-6-7(2)3;/h2*4-6H2,1-3H3;/q;;+1. The molecule has 88 valence electrons. The molecule has 0 spiro atoms. The van der Waals surface area contributed by atoms with Crippen LogP contribution in [0.15, 0.2) is 0 Å². The maximum atomic E-state index is 2.48. The number of hydrogen-bond donors (Lipinski definition) is 0. The van der Waals surface area contributed by atoms with E-state index in [4.69, 9.17) is 0 Å². The second kappa shape index (κ2) is 6.98. The Hall–Kier alpha value is 0.532. The van der Waals surface area contributed by atoms with E-state index < -0.39 is 0 Å². The average molecular weight is 225 g/mol. The van der Waals surface area contributed by atoms with Crippen molar-refractivity contribution < 1.29 is 0 Å². The molecule has 0 bridgehead atoms. The van der Waals surface area contributed by atoms with E-state index in [0.29, 0.717) is 23.8 Å². The van der Waals surface area contributed by atoms with Gasteiger partial charge in [-0.25, -0.2) is 0 Å². The monoisotopic (exact) mass is 225 g/mol. The Morgan fingerprint density at radius 2 is 1.07 bits per heavy atom. The Labute approximate surface area is 104 Å². The molecule has 0 saturated carbocycles. The van der Waals surface area contributed by atoms with Crippen molar-refractivity contribution in [3.8, 4) is 0 Å². The Morgan fingerprint density at radius 3 is 1.33 bits per heavy atom. The number of unbranched alkanes of at least 4 members (excludes halogenated alkanes) is 2. The van der Waals surface area contributed by atoms with Crippen LogP contribution in [0.1, 0.15) is 80.1 Å². The molecule has 0 fully saturated rings. The van der Waals surface area contributed by atoms with Crippen molar-refractivity contribution in [3.63, 3.8) is 0 Å². The zero-order valence-electron chi connectivity index (χ0n) is 11.8. The van der Waals surface area contributed by atoms with Crippen LogP contribution in [0.5, 0.6) is 0 Å². The maximum absolute atomic E-state index is 2.48. The summed E-state index contributed by atoms with van der Waals surface area (Å²) in [7, 11) is 0. The Morgan fingerprint density at radius 1 is 0.733 bits per heavy atom. The van der Waals surface area contributed by atoms with Crippen molar-refractivity contribution in [2.45, 2.75) is 88.6 Å². The zero-order chi connectivity index (χ0) is 11.9. The van der Waals surface area contributed by atoms with Gasteiger partial charge in [-0.1, -0.05) is 0 Å². The fourth-order valence-electron chi connectivity index (χ4n) is 2.47. The minimum atomic E-state index is 0.566. The van der Waals surface area contributed by atoms with Gasteiger partial charge < -0.3 is 0 Å². The topological polar surface area (TPSA) is 0 Å². The van der Waals surface area contributed by atoms with Gasteiger partial charge in [0.25, 0.3) is 0 Å². The Bertz CT molecular complexity index is 141. The second-order valence-electron chi connectivity index (χ2n) is 6.33. The molecule has 0 aromatic heterocycles. The van der Waals surface area contributed by atoms with E-state index in [1.165, 1.54) is 38.5 Å². The molecule has 0 amide bonds. The summed E-state index contributed by atoms with van der Waals surface area (Å²) in [5.41, 5.74) is 0. The molecule has 0 aromatic carbocycles. The molecular formula is C14H30Al+. The quantitative estimate of drug-likeness (QED) is 0.481. The van der Waals surface area contributed by atoms with Crippen LogP contribution in [0.3, 0.4) is 0 Å². The van der Waals surface area contributed by atoms with Crippen LogP contribution in [0.4, 0.5) is 0 Å². The van der Waals surface area contributed by atoms with Crippen LogP contribution in [-0.4, -0.2) is 15.2 Å². The van der Waals surface area contributed by atoms with E-state index >= 15 is 0 Å². The molecule has 0 aliphatic rings. The summed E-state index contributed by atoms with van der Waals surface area (Å²) in [6, 6.07) is 0. The molecule has 15 heavy (non-hydrogen) atoms. The fraction of sp³-hybridized carbons (Fsp3) is 1.00. The Kier molecular flexibility index (Phi) is 7.22. The molecule has 0 radical (unpaired) electrons. The molecule has 0 unspecified atom stereocenters. The van der Waals surface area contributed by atoms with E-state index in [-0.39, 0.29) is 0 Å². The van der Waals surface area contributed by atoms with Crippen LogP contribution in [0.2, 0.25) is 8.55 Å². The molecule has 1 heteroatoms. The van der Waals surface area contributed by atoms with E-state index in [1.807, 2.05) is 0 Å². The third-order valence-corrected chi connectivity index (χ3v) is 5.27. The first kappa shape index (κ1) is 15.5. The van der Waals surface area contributed by atoms with Gasteiger partial charge in [-0.3, -0.25) is 0 Å². The molecule has 0 nitrogen and oxygen atoms in total. The molecule has 0 rings (SSSR count). The van der Waals surface area contributed by atoms with Gasteiger partial charge in [-0.05, 0) is 0 Å².